The molecule has 0 bridgehead atoms. The average molecular weight is 87.1 g/mol. The maximum absolute atomic E-state index is 5.09. The van der Waals surface area contributed by atoms with Crippen LogP contribution < -0.4 is 11.2 Å². The van der Waals surface area contributed by atoms with Crippen molar-refractivity contribution in [2.24, 2.45) is 10.8 Å². The first-order valence-corrected chi connectivity index (χ1v) is 1.74. The molecule has 0 aliphatic rings. The third-order valence-corrected chi connectivity index (χ3v) is 0.288. The fourth-order valence-corrected chi connectivity index (χ4v) is 0.176. The van der Waals surface area contributed by atoms with Gasteiger partial charge in [-0.2, -0.15) is 5.10 Å². The normalized spacial score (nSPS) is 11.3. The zero-order valence-electron chi connectivity index (χ0n) is 4.02. The molecule has 0 amide bonds. The molecule has 0 aliphatic heterocycles. The molecule has 0 aromatic heterocycles. The maximum atomic E-state index is 5.09. The Morgan fingerprint density at radius 1 is 1.83 bits per heavy atom. The lowest BCUT2D eigenvalue weighted by atomic mass is 10.7. The summed E-state index contributed by atoms with van der Waals surface area (Å²) in [7, 11) is 1.70. The standard InChI is InChI=1S/C3H9N3/c1-3(4)6-5-2/h5H,1-2H3,(H2,4,6). The van der Waals surface area contributed by atoms with E-state index < -0.39 is 0 Å². The van der Waals surface area contributed by atoms with E-state index in [9.17, 15) is 0 Å². The van der Waals surface area contributed by atoms with Gasteiger partial charge in [-0.15, -0.1) is 0 Å². The van der Waals surface area contributed by atoms with Gasteiger partial charge in [-0.25, -0.2) is 0 Å². The van der Waals surface area contributed by atoms with Gasteiger partial charge in [0.1, 0.15) is 5.84 Å². The number of nitrogens with zero attached hydrogens (tertiary/aromatic N) is 1. The Morgan fingerprint density at radius 2 is 2.33 bits per heavy atom. The Labute approximate surface area is 37.2 Å². The van der Waals surface area contributed by atoms with E-state index in [2.05, 4.69) is 10.5 Å². The number of nitrogens with one attached hydrogen (secondary N) is 1. The third kappa shape index (κ3) is 3.27. The SMILES string of the molecule is CN/N=C(\C)N. The molecule has 0 rings (SSSR count). The summed E-state index contributed by atoms with van der Waals surface area (Å²) in [6, 6.07) is 0. The average Bonchev–Trinajstić information content (AvgIpc) is 1.35. The molecule has 0 saturated carbocycles. The largest absolute Gasteiger partial charge is 0.386 e. The van der Waals surface area contributed by atoms with Crippen molar-refractivity contribution in [3.63, 3.8) is 0 Å². The van der Waals surface area contributed by atoms with Gasteiger partial charge in [-0.3, -0.25) is 0 Å². The maximum Gasteiger partial charge on any atom is 0.116 e. The van der Waals surface area contributed by atoms with E-state index in [0.29, 0.717) is 5.84 Å². The first-order valence-electron chi connectivity index (χ1n) is 1.74. The summed E-state index contributed by atoms with van der Waals surface area (Å²) >= 11 is 0. The van der Waals surface area contributed by atoms with Crippen LogP contribution in [0.25, 0.3) is 0 Å². The van der Waals surface area contributed by atoms with Gasteiger partial charge in [0.05, 0.1) is 0 Å². The Hall–Kier alpha value is -0.730. The molecule has 0 radical (unpaired) electrons. The molecule has 3 nitrogen and oxygen atoms in total. The van der Waals surface area contributed by atoms with Crippen LogP contribution in [0.5, 0.6) is 0 Å². The highest BCUT2D eigenvalue weighted by atomic mass is 15.3. The lowest BCUT2D eigenvalue weighted by Crippen LogP contribution is -2.10. The summed E-state index contributed by atoms with van der Waals surface area (Å²) in [5.41, 5.74) is 7.62. The van der Waals surface area contributed by atoms with Gasteiger partial charge in [0.15, 0.2) is 0 Å². The summed E-state index contributed by atoms with van der Waals surface area (Å²) < 4.78 is 0. The number of hydrogen-bond donors (Lipinski definition) is 2. The Kier molecular flexibility index (Phi) is 2.20. The molecule has 0 spiro atoms. The van der Waals surface area contributed by atoms with Crippen LogP contribution in [-0.4, -0.2) is 12.9 Å². The van der Waals surface area contributed by atoms with E-state index in [1.807, 2.05) is 0 Å². The molecular weight excluding hydrogens is 78.1 g/mol. The molecule has 6 heavy (non-hydrogen) atoms. The van der Waals surface area contributed by atoms with Crippen LogP contribution in [0.4, 0.5) is 0 Å². The molecule has 0 aliphatic carbocycles. The highest BCUT2D eigenvalue weighted by Crippen LogP contribution is 1.52. The zero-order valence-corrected chi connectivity index (χ0v) is 4.02. The molecule has 0 atom stereocenters. The van der Waals surface area contributed by atoms with Crippen LogP contribution in [0.2, 0.25) is 0 Å². The van der Waals surface area contributed by atoms with Crippen molar-refractivity contribution in [3.8, 4) is 0 Å². The van der Waals surface area contributed by atoms with E-state index in [0.717, 1.165) is 0 Å². The molecule has 0 aromatic rings. The fraction of sp³-hybridized carbons (Fsp3) is 0.667. The number of amidine groups is 1. The number of hydrogen-bond acceptors (Lipinski definition) is 2. The monoisotopic (exact) mass is 87.1 g/mol. The topological polar surface area (TPSA) is 50.4 Å². The zero-order chi connectivity index (χ0) is 4.99. The summed E-state index contributed by atoms with van der Waals surface area (Å²) in [6.45, 7) is 1.72. The van der Waals surface area contributed by atoms with Crippen LogP contribution in [0.3, 0.4) is 0 Å². The van der Waals surface area contributed by atoms with Gasteiger partial charge in [0.2, 0.25) is 0 Å². The molecule has 3 heteroatoms. The minimum atomic E-state index is 0.553. The molecule has 0 unspecified atom stereocenters. The quantitative estimate of drug-likeness (QED) is 0.257. The van der Waals surface area contributed by atoms with Gasteiger partial charge >= 0.3 is 0 Å². The van der Waals surface area contributed by atoms with Crippen molar-refractivity contribution in [3.05, 3.63) is 0 Å². The van der Waals surface area contributed by atoms with Crippen molar-refractivity contribution < 1.29 is 0 Å². The third-order valence-electron chi connectivity index (χ3n) is 0.288. The lowest BCUT2D eigenvalue weighted by molar-refractivity contribution is 0.896. The fourth-order valence-electron chi connectivity index (χ4n) is 0.176. The molecule has 0 aromatic carbocycles. The van der Waals surface area contributed by atoms with Crippen LogP contribution >= 0.6 is 0 Å². The Bertz CT molecular complexity index is 53.1. The van der Waals surface area contributed by atoms with E-state index in [1.165, 1.54) is 0 Å². The van der Waals surface area contributed by atoms with E-state index in [-0.39, 0.29) is 0 Å². The van der Waals surface area contributed by atoms with Crippen molar-refractivity contribution in [2.45, 2.75) is 6.92 Å². The van der Waals surface area contributed by atoms with Crippen molar-refractivity contribution in [1.29, 1.82) is 0 Å². The van der Waals surface area contributed by atoms with Gasteiger partial charge in [0.25, 0.3) is 0 Å². The predicted molar refractivity (Wildman–Crippen MR) is 26.4 cm³/mol. The first kappa shape index (κ1) is 5.27. The molecule has 0 saturated heterocycles. The Morgan fingerprint density at radius 3 is 2.33 bits per heavy atom. The minimum Gasteiger partial charge on any atom is -0.386 e. The second kappa shape index (κ2) is 2.50. The molecule has 0 heterocycles. The Balaban J connectivity index is 3.14. The predicted octanol–water partition coefficient (Wildman–Crippen LogP) is -0.502. The summed E-state index contributed by atoms with van der Waals surface area (Å²) in [4.78, 5) is 0. The highest BCUT2D eigenvalue weighted by molar-refractivity contribution is 5.76. The molecule has 36 valence electrons. The molecular formula is C3H9N3. The van der Waals surface area contributed by atoms with Crippen LogP contribution in [0.1, 0.15) is 6.92 Å². The summed E-state index contributed by atoms with van der Waals surface area (Å²) in [6.07, 6.45) is 0. The second-order valence-corrected chi connectivity index (χ2v) is 0.977. The van der Waals surface area contributed by atoms with Crippen molar-refractivity contribution >= 4 is 5.84 Å². The summed E-state index contributed by atoms with van der Waals surface area (Å²) in [5.74, 6) is 0.553. The van der Waals surface area contributed by atoms with E-state index >= 15 is 0 Å². The van der Waals surface area contributed by atoms with Crippen LogP contribution in [0, 0.1) is 0 Å². The minimum absolute atomic E-state index is 0.553. The number of hydrazone groups is 1. The van der Waals surface area contributed by atoms with Gasteiger partial charge in [-0.1, -0.05) is 0 Å². The lowest BCUT2D eigenvalue weighted by Gasteiger charge is -1.85. The number of rotatable bonds is 1. The second-order valence-electron chi connectivity index (χ2n) is 0.977. The van der Waals surface area contributed by atoms with Crippen molar-refractivity contribution in [1.82, 2.24) is 5.43 Å². The van der Waals surface area contributed by atoms with Gasteiger partial charge in [0, 0.05) is 7.05 Å². The van der Waals surface area contributed by atoms with Gasteiger partial charge in [-0.05, 0) is 6.92 Å². The molecule has 3 N–H and O–H groups in total. The highest BCUT2D eigenvalue weighted by Gasteiger charge is 1.66. The smallest absolute Gasteiger partial charge is 0.116 e. The van der Waals surface area contributed by atoms with Crippen LogP contribution in [0.15, 0.2) is 5.10 Å². The number of nitrogens with two attached hydrogens (primary N) is 1. The first-order chi connectivity index (χ1) is 2.77. The molecule has 0 fully saturated rings. The van der Waals surface area contributed by atoms with Crippen LogP contribution in [-0.2, 0) is 0 Å². The van der Waals surface area contributed by atoms with Crippen molar-refractivity contribution in [2.75, 3.05) is 7.05 Å². The van der Waals surface area contributed by atoms with Gasteiger partial charge < -0.3 is 11.2 Å². The summed E-state index contributed by atoms with van der Waals surface area (Å²) in [5, 5.41) is 3.57. The van der Waals surface area contributed by atoms with E-state index in [1.54, 1.807) is 14.0 Å². The van der Waals surface area contributed by atoms with E-state index in [4.69, 9.17) is 5.73 Å².